The molecule has 498 valence electrons. The molecule has 0 fully saturated rings. The number of carbonyl (C=O) groups is 1. The Hall–Kier alpha value is -1.28. The number of allylic oxidation sites excluding steroid dienone is 5. The minimum absolute atomic E-state index is 0.0579. The lowest BCUT2D eigenvalue weighted by Gasteiger charge is -2.25. The maximum absolute atomic E-state index is 13.1. The standard InChI is InChI=1S/C75H147N2O6P/c1-6-8-10-12-14-16-18-20-22-24-26-28-30-32-33-34-35-36-37-38-39-40-41-42-43-45-47-49-51-53-55-57-59-61-63-65-67-69-75(79)76-73(72-83-84(80,81)82-71-70-77(3,4)5)74(78)68-66-64-62-60-58-56-54-52-50-48-46-44-31-29-27-25-23-21-19-17-15-13-11-9-7-2/h36-37,58,60,66,68,73-74,78H,6-35,38-57,59,61-65,67,69-72H2,1-5H3,(H-,76,79,80,81)/p+1/b37-36-,60-58+,68-66+. The van der Waals surface area contributed by atoms with Crippen molar-refractivity contribution in [3.63, 3.8) is 0 Å². The summed E-state index contributed by atoms with van der Waals surface area (Å²) < 4.78 is 23.8. The van der Waals surface area contributed by atoms with Crippen molar-refractivity contribution in [3.05, 3.63) is 36.5 Å². The van der Waals surface area contributed by atoms with Crippen LogP contribution in [0.25, 0.3) is 0 Å². The van der Waals surface area contributed by atoms with Crippen molar-refractivity contribution in [1.82, 2.24) is 5.32 Å². The molecule has 0 heterocycles. The SMILES string of the molecule is CCCCCCCCCCCCCCCCCC/C=C\CCCCCCCCCCCCCCCCCCCC(=O)NC(COP(=O)(O)OCC[N+](C)(C)C)C(O)/C=C/CC/C=C/CCCCCCCCCCCCCCCCCCCCC. The number of hydrogen-bond donors (Lipinski definition) is 3. The summed E-state index contributed by atoms with van der Waals surface area (Å²) in [5.41, 5.74) is 0. The molecular weight excluding hydrogens is 1060 g/mol. The molecule has 0 spiro atoms. The maximum atomic E-state index is 13.1. The largest absolute Gasteiger partial charge is 0.472 e. The van der Waals surface area contributed by atoms with Crippen molar-refractivity contribution >= 4 is 13.7 Å². The van der Waals surface area contributed by atoms with E-state index in [0.717, 1.165) is 38.5 Å². The second-order valence-corrected chi connectivity index (χ2v) is 28.5. The van der Waals surface area contributed by atoms with E-state index < -0.39 is 20.0 Å². The van der Waals surface area contributed by atoms with E-state index in [2.05, 4.69) is 43.5 Å². The highest BCUT2D eigenvalue weighted by atomic mass is 31.2. The Balaban J connectivity index is 3.99. The van der Waals surface area contributed by atoms with Crippen molar-refractivity contribution < 1.29 is 32.9 Å². The lowest BCUT2D eigenvalue weighted by Crippen LogP contribution is -2.45. The fraction of sp³-hybridized carbons (Fsp3) is 0.907. The molecule has 0 aromatic heterocycles. The molecule has 0 aromatic carbocycles. The van der Waals surface area contributed by atoms with Crippen LogP contribution in [-0.4, -0.2) is 73.4 Å². The van der Waals surface area contributed by atoms with Crippen LogP contribution >= 0.6 is 7.82 Å². The van der Waals surface area contributed by atoms with Gasteiger partial charge in [0.25, 0.3) is 0 Å². The van der Waals surface area contributed by atoms with Gasteiger partial charge in [-0.2, -0.15) is 0 Å². The van der Waals surface area contributed by atoms with Crippen LogP contribution in [0, 0.1) is 0 Å². The van der Waals surface area contributed by atoms with E-state index in [-0.39, 0.29) is 19.1 Å². The van der Waals surface area contributed by atoms with Gasteiger partial charge in [-0.05, 0) is 57.8 Å². The van der Waals surface area contributed by atoms with Gasteiger partial charge >= 0.3 is 7.82 Å². The third kappa shape index (κ3) is 68.2. The van der Waals surface area contributed by atoms with Crippen LogP contribution in [0.3, 0.4) is 0 Å². The molecular formula is C75H148N2O6P+. The fourth-order valence-electron chi connectivity index (χ4n) is 11.5. The van der Waals surface area contributed by atoms with Crippen LogP contribution in [0.2, 0.25) is 0 Å². The van der Waals surface area contributed by atoms with Gasteiger partial charge in [-0.1, -0.05) is 359 Å². The van der Waals surface area contributed by atoms with E-state index in [4.69, 9.17) is 9.05 Å². The molecule has 0 saturated carbocycles. The number of nitrogens with zero attached hydrogens (tertiary/aromatic N) is 1. The topological polar surface area (TPSA) is 105 Å². The van der Waals surface area contributed by atoms with Gasteiger partial charge in [0.1, 0.15) is 13.2 Å². The Bertz CT molecular complexity index is 1460. The van der Waals surface area contributed by atoms with Crippen molar-refractivity contribution in [1.29, 1.82) is 0 Å². The number of phosphoric acid groups is 1. The molecule has 0 aromatic rings. The number of rotatable bonds is 70. The quantitative estimate of drug-likeness (QED) is 0.0243. The Labute approximate surface area is 525 Å². The van der Waals surface area contributed by atoms with E-state index in [9.17, 15) is 19.4 Å². The number of unbranched alkanes of at least 4 members (excludes halogenated alkanes) is 53. The molecule has 3 unspecified atom stereocenters. The van der Waals surface area contributed by atoms with Gasteiger partial charge in [0.05, 0.1) is 39.9 Å². The predicted octanol–water partition coefficient (Wildman–Crippen LogP) is 24.0. The molecule has 0 bridgehead atoms. The number of carbonyl (C=O) groups excluding carboxylic acids is 1. The number of amides is 1. The van der Waals surface area contributed by atoms with E-state index in [1.807, 2.05) is 27.2 Å². The van der Waals surface area contributed by atoms with E-state index in [1.165, 1.54) is 327 Å². The Morgan fingerprint density at radius 1 is 0.393 bits per heavy atom. The molecule has 0 radical (unpaired) electrons. The van der Waals surface area contributed by atoms with Gasteiger partial charge in [-0.3, -0.25) is 13.8 Å². The molecule has 0 saturated heterocycles. The molecule has 8 nitrogen and oxygen atoms in total. The van der Waals surface area contributed by atoms with E-state index in [0.29, 0.717) is 17.4 Å². The molecule has 3 atom stereocenters. The molecule has 0 aliphatic heterocycles. The number of aliphatic hydroxyl groups is 1. The smallest absolute Gasteiger partial charge is 0.387 e. The normalized spacial score (nSPS) is 13.8. The number of likely N-dealkylation sites (N-methyl/N-ethyl adjacent to an activating group) is 1. The average molecular weight is 1200 g/mol. The highest BCUT2D eigenvalue weighted by Crippen LogP contribution is 2.43. The fourth-order valence-corrected chi connectivity index (χ4v) is 12.3. The van der Waals surface area contributed by atoms with E-state index >= 15 is 0 Å². The Kier molecular flexibility index (Phi) is 65.1. The van der Waals surface area contributed by atoms with Gasteiger partial charge in [0.15, 0.2) is 0 Å². The summed E-state index contributed by atoms with van der Waals surface area (Å²) in [5, 5.41) is 14.0. The Morgan fingerprint density at radius 3 is 0.952 bits per heavy atom. The van der Waals surface area contributed by atoms with Crippen molar-refractivity contribution in [2.75, 3.05) is 40.9 Å². The summed E-state index contributed by atoms with van der Waals surface area (Å²) >= 11 is 0. The molecule has 3 N–H and O–H groups in total. The summed E-state index contributed by atoms with van der Waals surface area (Å²) in [6.45, 7) is 4.86. The molecule has 9 heteroatoms. The first-order valence-corrected chi connectivity index (χ1v) is 38.9. The first kappa shape index (κ1) is 82.7. The van der Waals surface area contributed by atoms with Crippen LogP contribution in [0.15, 0.2) is 36.5 Å². The highest BCUT2D eigenvalue weighted by Gasteiger charge is 2.28. The van der Waals surface area contributed by atoms with Crippen molar-refractivity contribution in [2.45, 2.75) is 398 Å². The summed E-state index contributed by atoms with van der Waals surface area (Å²) in [6.07, 6.45) is 89.0. The van der Waals surface area contributed by atoms with Crippen molar-refractivity contribution in [3.8, 4) is 0 Å². The van der Waals surface area contributed by atoms with Crippen LogP contribution in [0.5, 0.6) is 0 Å². The van der Waals surface area contributed by atoms with Gasteiger partial charge in [-0.25, -0.2) is 4.57 Å². The molecule has 0 rings (SSSR count). The molecule has 0 aliphatic rings. The highest BCUT2D eigenvalue weighted by molar-refractivity contribution is 7.47. The number of hydrogen-bond acceptors (Lipinski definition) is 5. The first-order chi connectivity index (χ1) is 41.0. The van der Waals surface area contributed by atoms with Gasteiger partial charge in [0, 0.05) is 6.42 Å². The predicted molar refractivity (Wildman–Crippen MR) is 369 cm³/mol. The monoisotopic (exact) mass is 1200 g/mol. The first-order valence-electron chi connectivity index (χ1n) is 37.4. The third-order valence-electron chi connectivity index (χ3n) is 17.3. The minimum Gasteiger partial charge on any atom is -0.387 e. The lowest BCUT2D eigenvalue weighted by atomic mass is 10.0. The lowest BCUT2D eigenvalue weighted by molar-refractivity contribution is -0.870. The summed E-state index contributed by atoms with van der Waals surface area (Å²) in [4.78, 5) is 23.4. The van der Waals surface area contributed by atoms with Crippen molar-refractivity contribution in [2.24, 2.45) is 0 Å². The maximum Gasteiger partial charge on any atom is 0.472 e. The number of nitrogens with one attached hydrogen (secondary N) is 1. The second-order valence-electron chi connectivity index (χ2n) is 27.0. The minimum atomic E-state index is -4.36. The molecule has 0 aliphatic carbocycles. The summed E-state index contributed by atoms with van der Waals surface area (Å²) in [6, 6.07) is -0.864. The molecule has 84 heavy (non-hydrogen) atoms. The molecule has 1 amide bonds. The zero-order chi connectivity index (χ0) is 61.2. The van der Waals surface area contributed by atoms with E-state index in [1.54, 1.807) is 6.08 Å². The third-order valence-corrected chi connectivity index (χ3v) is 18.3. The van der Waals surface area contributed by atoms with Gasteiger partial charge in [0.2, 0.25) is 5.91 Å². The van der Waals surface area contributed by atoms with Gasteiger partial charge < -0.3 is 19.8 Å². The summed E-state index contributed by atoms with van der Waals surface area (Å²) in [5.74, 6) is -0.179. The number of quaternary nitrogens is 1. The average Bonchev–Trinajstić information content (AvgIpc) is 3.56. The summed E-state index contributed by atoms with van der Waals surface area (Å²) in [7, 11) is 1.57. The van der Waals surface area contributed by atoms with Crippen LogP contribution < -0.4 is 5.32 Å². The number of aliphatic hydroxyl groups excluding tert-OH is 1. The van der Waals surface area contributed by atoms with Crippen LogP contribution in [-0.2, 0) is 18.4 Å². The number of phosphoric ester groups is 1. The van der Waals surface area contributed by atoms with Crippen LogP contribution in [0.1, 0.15) is 386 Å². The second kappa shape index (κ2) is 66.1. The zero-order valence-electron chi connectivity index (χ0n) is 57.2. The Morgan fingerprint density at radius 2 is 0.655 bits per heavy atom. The van der Waals surface area contributed by atoms with Crippen LogP contribution in [0.4, 0.5) is 0 Å². The zero-order valence-corrected chi connectivity index (χ0v) is 58.1. The van der Waals surface area contributed by atoms with Gasteiger partial charge in [-0.15, -0.1) is 0 Å².